The van der Waals surface area contributed by atoms with Crippen molar-refractivity contribution in [1.29, 1.82) is 0 Å². The zero-order valence-electron chi connectivity index (χ0n) is 14.6. The number of nitrogens with one attached hydrogen (secondary N) is 1. The third-order valence-corrected chi connectivity index (χ3v) is 4.06. The highest BCUT2D eigenvalue weighted by atomic mass is 16.3. The number of phenols is 2. The van der Waals surface area contributed by atoms with Gasteiger partial charge in [-0.25, -0.2) is 0 Å². The number of para-hydroxylation sites is 1. The molecule has 0 spiro atoms. The largest absolute Gasteiger partial charge is 0.508 e. The summed E-state index contributed by atoms with van der Waals surface area (Å²) in [5.74, 6) is 0.0752. The maximum Gasteiger partial charge on any atom is 0.128 e. The molecule has 0 atom stereocenters. The molecule has 132 valence electrons. The van der Waals surface area contributed by atoms with Crippen molar-refractivity contribution in [3.63, 3.8) is 0 Å². The van der Waals surface area contributed by atoms with Crippen LogP contribution in [0.5, 0.6) is 11.5 Å². The summed E-state index contributed by atoms with van der Waals surface area (Å²) in [6.07, 6.45) is 2.83. The Morgan fingerprint density at radius 1 is 1.00 bits per heavy atom. The van der Waals surface area contributed by atoms with Gasteiger partial charge in [-0.2, -0.15) is 5.10 Å². The zero-order chi connectivity index (χ0) is 18.4. The van der Waals surface area contributed by atoms with Crippen LogP contribution in [0.1, 0.15) is 23.7 Å². The molecular formula is C21H21N3O2. The number of aromatic hydroxyl groups is 2. The number of aromatic nitrogens is 1. The molecule has 3 rings (SSSR count). The van der Waals surface area contributed by atoms with Crippen molar-refractivity contribution in [2.24, 2.45) is 5.10 Å². The highest BCUT2D eigenvalue weighted by Crippen LogP contribution is 2.29. The number of phenolic OH excluding ortho intramolecular Hbond substituents is 2. The van der Waals surface area contributed by atoms with Crippen LogP contribution in [-0.4, -0.2) is 20.9 Å². The fraction of sp³-hybridized carbons (Fsp3) is 0.143. The van der Waals surface area contributed by atoms with Gasteiger partial charge in [0.2, 0.25) is 0 Å². The molecular weight excluding hydrogens is 326 g/mol. The van der Waals surface area contributed by atoms with Crippen LogP contribution in [0.15, 0.2) is 72.0 Å². The monoisotopic (exact) mass is 347 g/mol. The summed E-state index contributed by atoms with van der Waals surface area (Å²) in [6, 6.07) is 18.4. The van der Waals surface area contributed by atoms with E-state index in [2.05, 4.69) is 15.5 Å². The van der Waals surface area contributed by atoms with E-state index >= 15 is 0 Å². The molecule has 0 aliphatic heterocycles. The third-order valence-electron chi connectivity index (χ3n) is 4.06. The molecule has 26 heavy (non-hydrogen) atoms. The van der Waals surface area contributed by atoms with E-state index in [-0.39, 0.29) is 11.5 Å². The minimum atomic E-state index is -0.00996. The Kier molecular flexibility index (Phi) is 5.49. The Morgan fingerprint density at radius 3 is 2.46 bits per heavy atom. The second-order valence-electron chi connectivity index (χ2n) is 5.89. The topological polar surface area (TPSA) is 77.7 Å². The Hall–Kier alpha value is -3.34. The van der Waals surface area contributed by atoms with Crippen LogP contribution < -0.4 is 5.43 Å². The number of pyridine rings is 1. The summed E-state index contributed by atoms with van der Waals surface area (Å²) in [6.45, 7) is 1.95. The lowest BCUT2D eigenvalue weighted by Gasteiger charge is -2.12. The lowest BCUT2D eigenvalue weighted by Crippen LogP contribution is -2.10. The van der Waals surface area contributed by atoms with Gasteiger partial charge in [-0.3, -0.25) is 10.4 Å². The molecule has 0 fully saturated rings. The van der Waals surface area contributed by atoms with E-state index in [1.54, 1.807) is 12.3 Å². The first kappa shape index (κ1) is 17.5. The minimum Gasteiger partial charge on any atom is -0.508 e. The van der Waals surface area contributed by atoms with E-state index in [1.165, 1.54) is 6.07 Å². The predicted octanol–water partition coefficient (Wildman–Crippen LogP) is 4.11. The van der Waals surface area contributed by atoms with Crippen LogP contribution in [0, 0.1) is 0 Å². The number of nitrogens with zero attached hydrogens (tertiary/aromatic N) is 2. The maximum absolute atomic E-state index is 10.4. The van der Waals surface area contributed by atoms with Crippen LogP contribution in [0.3, 0.4) is 0 Å². The Balaban J connectivity index is 2.00. The smallest absolute Gasteiger partial charge is 0.128 e. The highest BCUT2D eigenvalue weighted by molar-refractivity contribution is 6.04. The van der Waals surface area contributed by atoms with Gasteiger partial charge < -0.3 is 10.2 Å². The average molecular weight is 347 g/mol. The average Bonchev–Trinajstić information content (AvgIpc) is 2.67. The molecule has 5 heteroatoms. The number of hydrazone groups is 1. The first-order chi connectivity index (χ1) is 12.7. The van der Waals surface area contributed by atoms with Gasteiger partial charge >= 0.3 is 0 Å². The second kappa shape index (κ2) is 8.16. The van der Waals surface area contributed by atoms with Crippen molar-refractivity contribution in [3.8, 4) is 11.5 Å². The van der Waals surface area contributed by atoms with Crippen LogP contribution in [0.2, 0.25) is 0 Å². The van der Waals surface area contributed by atoms with Crippen LogP contribution in [0.4, 0.5) is 5.69 Å². The van der Waals surface area contributed by atoms with E-state index in [9.17, 15) is 10.2 Å². The summed E-state index contributed by atoms with van der Waals surface area (Å²) >= 11 is 0. The molecule has 1 heterocycles. The Bertz CT molecular complexity index is 894. The number of hydrogen-bond donors (Lipinski definition) is 3. The number of rotatable bonds is 6. The lowest BCUT2D eigenvalue weighted by atomic mass is 10.00. The first-order valence-corrected chi connectivity index (χ1v) is 8.50. The van der Waals surface area contributed by atoms with Gasteiger partial charge in [-0.1, -0.05) is 31.2 Å². The standard InChI is InChI=1S/C21H21N3O2/c1-2-15-12-18(21(26)14-20(15)25)19(13-17-10-6-7-11-22-17)24-23-16-8-4-3-5-9-16/h3-12,14,23,25-26H,2,13H2,1H3/b24-19+. The zero-order valence-corrected chi connectivity index (χ0v) is 14.6. The van der Waals surface area contributed by atoms with Gasteiger partial charge in [0.1, 0.15) is 11.5 Å². The Morgan fingerprint density at radius 2 is 1.77 bits per heavy atom. The number of anilines is 1. The lowest BCUT2D eigenvalue weighted by molar-refractivity contribution is 0.445. The van der Waals surface area contributed by atoms with Crippen molar-refractivity contribution in [3.05, 3.63) is 83.7 Å². The molecule has 3 N–H and O–H groups in total. The van der Waals surface area contributed by atoms with Gasteiger partial charge in [0, 0.05) is 29.9 Å². The molecule has 0 amide bonds. The van der Waals surface area contributed by atoms with Gasteiger partial charge in [0.05, 0.1) is 11.4 Å². The predicted molar refractivity (Wildman–Crippen MR) is 104 cm³/mol. The van der Waals surface area contributed by atoms with E-state index in [0.29, 0.717) is 24.1 Å². The molecule has 0 aliphatic carbocycles. The third kappa shape index (κ3) is 4.19. The SMILES string of the molecule is CCc1cc(/C(Cc2ccccn2)=N/Nc2ccccc2)c(O)cc1O. The number of hydrogen-bond acceptors (Lipinski definition) is 5. The first-order valence-electron chi connectivity index (χ1n) is 8.50. The fourth-order valence-electron chi connectivity index (χ4n) is 2.65. The quantitative estimate of drug-likeness (QED) is 0.463. The van der Waals surface area contributed by atoms with Gasteiger partial charge in [-0.05, 0) is 42.3 Å². The molecule has 0 radical (unpaired) electrons. The normalized spacial score (nSPS) is 11.3. The summed E-state index contributed by atoms with van der Waals surface area (Å²) in [4.78, 5) is 4.35. The van der Waals surface area contributed by atoms with Crippen molar-refractivity contribution in [2.45, 2.75) is 19.8 Å². The van der Waals surface area contributed by atoms with E-state index in [0.717, 1.165) is 16.9 Å². The molecule has 0 saturated carbocycles. The molecule has 0 saturated heterocycles. The molecule has 3 aromatic rings. The molecule has 2 aromatic carbocycles. The Labute approximate surface area is 152 Å². The second-order valence-corrected chi connectivity index (χ2v) is 5.89. The molecule has 5 nitrogen and oxygen atoms in total. The molecule has 1 aromatic heterocycles. The van der Waals surface area contributed by atoms with Crippen molar-refractivity contribution in [2.75, 3.05) is 5.43 Å². The number of aryl methyl sites for hydroxylation is 1. The molecule has 0 unspecified atom stereocenters. The molecule has 0 bridgehead atoms. The van der Waals surface area contributed by atoms with Gasteiger partial charge in [-0.15, -0.1) is 0 Å². The molecule has 0 aliphatic rings. The minimum absolute atomic E-state index is 0.00996. The maximum atomic E-state index is 10.4. The summed E-state index contributed by atoms with van der Waals surface area (Å²) in [5.41, 5.74) is 6.69. The van der Waals surface area contributed by atoms with Crippen molar-refractivity contribution < 1.29 is 10.2 Å². The van der Waals surface area contributed by atoms with Crippen molar-refractivity contribution >= 4 is 11.4 Å². The summed E-state index contributed by atoms with van der Waals surface area (Å²) in [7, 11) is 0. The summed E-state index contributed by atoms with van der Waals surface area (Å²) in [5, 5.41) is 24.8. The van der Waals surface area contributed by atoms with E-state index < -0.39 is 0 Å². The number of benzene rings is 2. The summed E-state index contributed by atoms with van der Waals surface area (Å²) < 4.78 is 0. The van der Waals surface area contributed by atoms with Crippen molar-refractivity contribution in [1.82, 2.24) is 4.98 Å². The fourth-order valence-corrected chi connectivity index (χ4v) is 2.65. The van der Waals surface area contributed by atoms with Crippen LogP contribution >= 0.6 is 0 Å². The van der Waals surface area contributed by atoms with Gasteiger partial charge in [0.15, 0.2) is 0 Å². The van der Waals surface area contributed by atoms with Crippen LogP contribution in [0.25, 0.3) is 0 Å². The van der Waals surface area contributed by atoms with Gasteiger partial charge in [0.25, 0.3) is 0 Å². The van der Waals surface area contributed by atoms with E-state index in [1.807, 2.05) is 55.5 Å². The van der Waals surface area contributed by atoms with E-state index in [4.69, 9.17) is 0 Å². The van der Waals surface area contributed by atoms with Crippen LogP contribution in [-0.2, 0) is 12.8 Å². The highest BCUT2D eigenvalue weighted by Gasteiger charge is 2.14.